The Morgan fingerprint density at radius 2 is 2.00 bits per heavy atom. The molecular formula is C20H26F3N5O4. The largest absolute Gasteiger partial charge is 0.403 e. The summed E-state index contributed by atoms with van der Waals surface area (Å²) in [5.41, 5.74) is -1.64. The van der Waals surface area contributed by atoms with Crippen molar-refractivity contribution in [2.24, 2.45) is 5.16 Å². The van der Waals surface area contributed by atoms with Crippen LogP contribution in [-0.2, 0) is 6.42 Å². The van der Waals surface area contributed by atoms with Crippen LogP contribution >= 0.6 is 0 Å². The van der Waals surface area contributed by atoms with Crippen LogP contribution in [0.5, 0.6) is 6.01 Å². The maximum absolute atomic E-state index is 12.6. The smallest absolute Gasteiger partial charge is 0.389 e. The lowest BCUT2D eigenvalue weighted by Gasteiger charge is -2.34. The number of nitrogens with zero attached hydrogens (tertiary/aromatic N) is 4. The fourth-order valence-electron chi connectivity index (χ4n) is 3.49. The highest BCUT2D eigenvalue weighted by Crippen LogP contribution is 2.23. The first kappa shape index (κ1) is 23.8. The molecule has 0 aliphatic carbocycles. The minimum atomic E-state index is -4.32. The number of oxime groups is 1. The van der Waals surface area contributed by atoms with E-state index in [1.165, 1.54) is 0 Å². The van der Waals surface area contributed by atoms with E-state index in [1.807, 2.05) is 14.0 Å². The molecule has 0 atom stereocenters. The highest BCUT2D eigenvalue weighted by Gasteiger charge is 2.26. The third-order valence-electron chi connectivity index (χ3n) is 5.16. The summed E-state index contributed by atoms with van der Waals surface area (Å²) in [6.45, 7) is 5.36. The van der Waals surface area contributed by atoms with Gasteiger partial charge in [0.1, 0.15) is 11.2 Å². The van der Waals surface area contributed by atoms with Crippen molar-refractivity contribution in [3.8, 4) is 6.01 Å². The van der Waals surface area contributed by atoms with E-state index >= 15 is 0 Å². The third-order valence-corrected chi connectivity index (χ3v) is 5.16. The number of likely N-dealkylation sites (N-methyl/N-ethyl adjacent to an activating group) is 1. The van der Waals surface area contributed by atoms with Crippen molar-refractivity contribution in [2.75, 3.05) is 33.2 Å². The second kappa shape index (κ2) is 10.2. The van der Waals surface area contributed by atoms with Crippen molar-refractivity contribution in [1.29, 1.82) is 0 Å². The summed E-state index contributed by atoms with van der Waals surface area (Å²) in [4.78, 5) is 40.5. The van der Waals surface area contributed by atoms with Gasteiger partial charge in [-0.25, -0.2) is 4.79 Å². The fourth-order valence-corrected chi connectivity index (χ4v) is 3.49. The van der Waals surface area contributed by atoms with E-state index < -0.39 is 23.8 Å². The summed E-state index contributed by atoms with van der Waals surface area (Å²) in [5.74, 6) is 0.714. The van der Waals surface area contributed by atoms with Crippen molar-refractivity contribution in [3.05, 3.63) is 32.4 Å². The molecule has 1 N–H and O–H groups in total. The molecule has 0 spiro atoms. The number of rotatable bonds is 7. The zero-order valence-electron chi connectivity index (χ0n) is 18.0. The molecule has 1 saturated heterocycles. The molecule has 2 aromatic rings. The van der Waals surface area contributed by atoms with Gasteiger partial charge in [-0.05, 0) is 31.9 Å². The van der Waals surface area contributed by atoms with E-state index in [4.69, 9.17) is 9.25 Å². The van der Waals surface area contributed by atoms with Gasteiger partial charge in [0.15, 0.2) is 0 Å². The van der Waals surface area contributed by atoms with Crippen LogP contribution < -0.4 is 16.0 Å². The minimum Gasteiger partial charge on any atom is -0.403 e. The third kappa shape index (κ3) is 6.31. The van der Waals surface area contributed by atoms with Gasteiger partial charge in [-0.3, -0.25) is 9.78 Å². The Hall–Kier alpha value is -2.89. The van der Waals surface area contributed by atoms with Gasteiger partial charge in [0, 0.05) is 45.1 Å². The van der Waals surface area contributed by atoms with Crippen LogP contribution in [0.1, 0.15) is 38.2 Å². The summed E-state index contributed by atoms with van der Waals surface area (Å²) < 4.78 is 42.3. The molecule has 2 aromatic heterocycles. The lowest BCUT2D eigenvalue weighted by atomic mass is 10.1. The molecule has 0 bridgehead atoms. The van der Waals surface area contributed by atoms with Gasteiger partial charge in [-0.15, -0.1) is 0 Å². The van der Waals surface area contributed by atoms with Gasteiger partial charge >= 0.3 is 17.8 Å². The Kier molecular flexibility index (Phi) is 7.54. The molecule has 0 radical (unpaired) electrons. The summed E-state index contributed by atoms with van der Waals surface area (Å²) in [6, 6.07) is 0.752. The number of hydrogen-bond donors (Lipinski definition) is 1. The van der Waals surface area contributed by atoms with Crippen LogP contribution in [0.2, 0.25) is 0 Å². The number of amidine groups is 1. The molecule has 0 amide bonds. The number of H-pyrrole nitrogens is 1. The molecule has 1 aliphatic heterocycles. The normalized spacial score (nSPS) is 16.0. The standard InChI is InChI=1S/C20H26F3N5O4/c1-3-5-14(28-10-8-27(2)9-11-28)26-32-19-24-17(30)16-13(6-4-7-20(21,22)23)12-15(29)31-18(16)25-19/h12H,3-11H2,1-2H3,(H,24,25,30). The SMILES string of the molecule is CCCC(=NOc1nc2oc(=O)cc(CCCC(F)(F)F)c2c(=O)[nH]1)N1CCN(C)CC1. The summed E-state index contributed by atoms with van der Waals surface area (Å²) >= 11 is 0. The van der Waals surface area contributed by atoms with E-state index in [0.29, 0.717) is 12.3 Å². The van der Waals surface area contributed by atoms with Crippen LogP contribution in [0.25, 0.3) is 11.1 Å². The van der Waals surface area contributed by atoms with E-state index in [1.54, 1.807) is 0 Å². The van der Waals surface area contributed by atoms with E-state index in [2.05, 4.69) is 24.9 Å². The number of aromatic amines is 1. The van der Waals surface area contributed by atoms with Crippen LogP contribution in [0.15, 0.2) is 25.2 Å². The lowest BCUT2D eigenvalue weighted by molar-refractivity contribution is -0.135. The van der Waals surface area contributed by atoms with Crippen molar-refractivity contribution in [3.63, 3.8) is 0 Å². The Labute approximate surface area is 181 Å². The summed E-state index contributed by atoms with van der Waals surface area (Å²) in [5, 5.41) is 4.08. The summed E-state index contributed by atoms with van der Waals surface area (Å²) in [6.07, 6.45) is -4.22. The number of hydrogen-bond acceptors (Lipinski definition) is 7. The van der Waals surface area contributed by atoms with Gasteiger partial charge in [0.05, 0.1) is 0 Å². The number of piperazine rings is 1. The second-order valence-corrected chi connectivity index (χ2v) is 7.75. The molecule has 3 rings (SSSR count). The topological polar surface area (TPSA) is 104 Å². The van der Waals surface area contributed by atoms with Gasteiger partial charge < -0.3 is 19.1 Å². The second-order valence-electron chi connectivity index (χ2n) is 7.75. The predicted molar refractivity (Wildman–Crippen MR) is 112 cm³/mol. The molecule has 9 nitrogen and oxygen atoms in total. The molecule has 12 heteroatoms. The zero-order valence-corrected chi connectivity index (χ0v) is 18.0. The number of nitrogens with one attached hydrogen (secondary N) is 1. The van der Waals surface area contributed by atoms with Crippen molar-refractivity contribution < 1.29 is 22.4 Å². The maximum Gasteiger partial charge on any atom is 0.389 e. The number of halogens is 3. The van der Waals surface area contributed by atoms with Crippen LogP contribution in [-0.4, -0.2) is 65.0 Å². The first-order valence-corrected chi connectivity index (χ1v) is 10.5. The van der Waals surface area contributed by atoms with Crippen molar-refractivity contribution >= 4 is 16.9 Å². The maximum atomic E-state index is 12.6. The molecule has 0 unspecified atom stereocenters. The Bertz CT molecular complexity index is 1070. The summed E-state index contributed by atoms with van der Waals surface area (Å²) in [7, 11) is 2.04. The zero-order chi connectivity index (χ0) is 23.3. The Balaban J connectivity index is 1.84. The average Bonchev–Trinajstić information content (AvgIpc) is 2.70. The van der Waals surface area contributed by atoms with Crippen molar-refractivity contribution in [1.82, 2.24) is 19.8 Å². The number of alkyl halides is 3. The minimum absolute atomic E-state index is 0.0732. The molecule has 0 saturated carbocycles. The number of aryl methyl sites for hydroxylation is 1. The Morgan fingerprint density at radius 1 is 1.28 bits per heavy atom. The molecule has 32 heavy (non-hydrogen) atoms. The van der Waals surface area contributed by atoms with E-state index in [-0.39, 0.29) is 35.5 Å². The van der Waals surface area contributed by atoms with Crippen LogP contribution in [0, 0.1) is 0 Å². The number of fused-ring (bicyclic) bond motifs is 1. The molecule has 176 valence electrons. The van der Waals surface area contributed by atoms with Crippen molar-refractivity contribution in [2.45, 2.75) is 45.2 Å². The predicted octanol–water partition coefficient (Wildman–Crippen LogP) is 2.50. The van der Waals surface area contributed by atoms with Crippen LogP contribution in [0.3, 0.4) is 0 Å². The molecule has 1 aliphatic rings. The van der Waals surface area contributed by atoms with Gasteiger partial charge in [0.2, 0.25) is 5.71 Å². The molecular weight excluding hydrogens is 431 g/mol. The highest BCUT2D eigenvalue weighted by atomic mass is 19.4. The van der Waals surface area contributed by atoms with Gasteiger partial charge in [-0.2, -0.15) is 18.2 Å². The van der Waals surface area contributed by atoms with Crippen LogP contribution in [0.4, 0.5) is 13.2 Å². The van der Waals surface area contributed by atoms with Gasteiger partial charge in [0.25, 0.3) is 5.56 Å². The molecule has 0 aromatic carbocycles. The number of aromatic nitrogens is 2. The first-order valence-electron chi connectivity index (χ1n) is 10.5. The first-order chi connectivity index (χ1) is 15.2. The van der Waals surface area contributed by atoms with Gasteiger partial charge in [-0.1, -0.05) is 12.1 Å². The van der Waals surface area contributed by atoms with E-state index in [0.717, 1.165) is 38.7 Å². The Morgan fingerprint density at radius 3 is 2.66 bits per heavy atom. The molecule has 3 heterocycles. The fraction of sp³-hybridized carbons (Fsp3) is 0.600. The quantitative estimate of drug-likeness (QED) is 0.387. The lowest BCUT2D eigenvalue weighted by Crippen LogP contribution is -2.47. The average molecular weight is 457 g/mol. The monoisotopic (exact) mass is 457 g/mol. The highest BCUT2D eigenvalue weighted by molar-refractivity contribution is 5.82. The van der Waals surface area contributed by atoms with E-state index in [9.17, 15) is 22.8 Å². The molecule has 1 fully saturated rings.